The van der Waals surface area contributed by atoms with Gasteiger partial charge in [-0.2, -0.15) is 0 Å². The normalized spacial score (nSPS) is 11.2. The molecule has 0 aliphatic carbocycles. The Labute approximate surface area is 115 Å². The average molecular weight is 257 g/mol. The van der Waals surface area contributed by atoms with Gasteiger partial charge < -0.3 is 9.88 Å². The largest absolute Gasteiger partial charge is 0.329 e. The third-order valence-corrected chi connectivity index (χ3v) is 3.35. The van der Waals surface area contributed by atoms with Gasteiger partial charge in [-0.25, -0.2) is 4.98 Å². The van der Waals surface area contributed by atoms with Crippen molar-refractivity contribution in [3.05, 3.63) is 53.6 Å². The van der Waals surface area contributed by atoms with Crippen molar-refractivity contribution in [3.63, 3.8) is 0 Å². The third kappa shape index (κ3) is 3.67. The minimum atomic E-state index is 0.589. The van der Waals surface area contributed by atoms with Crippen LogP contribution in [0.3, 0.4) is 0 Å². The minimum Gasteiger partial charge on any atom is -0.329 e. The van der Waals surface area contributed by atoms with Gasteiger partial charge in [-0.15, -0.1) is 0 Å². The van der Waals surface area contributed by atoms with Crippen LogP contribution < -0.4 is 5.32 Å². The summed E-state index contributed by atoms with van der Waals surface area (Å²) < 4.78 is 2.20. The van der Waals surface area contributed by atoms with Crippen molar-refractivity contribution in [2.24, 2.45) is 0 Å². The van der Waals surface area contributed by atoms with Crippen molar-refractivity contribution in [1.29, 1.82) is 0 Å². The number of rotatable bonds is 6. The zero-order valence-electron chi connectivity index (χ0n) is 12.1. The van der Waals surface area contributed by atoms with Gasteiger partial charge in [0.1, 0.15) is 0 Å². The molecule has 0 radical (unpaired) electrons. The van der Waals surface area contributed by atoms with Crippen molar-refractivity contribution < 1.29 is 0 Å². The van der Waals surface area contributed by atoms with Crippen LogP contribution in [0.4, 0.5) is 0 Å². The van der Waals surface area contributed by atoms with Crippen LogP contribution in [0.25, 0.3) is 0 Å². The lowest BCUT2D eigenvalue weighted by atomic mass is 10.0. The number of hydrogen-bond acceptors (Lipinski definition) is 2. The number of benzene rings is 1. The smallest absolute Gasteiger partial charge is 0.0951 e. The molecule has 0 aliphatic heterocycles. The highest BCUT2D eigenvalue weighted by Gasteiger charge is 2.03. The first kappa shape index (κ1) is 13.8. The third-order valence-electron chi connectivity index (χ3n) is 3.35. The van der Waals surface area contributed by atoms with E-state index in [0.717, 1.165) is 19.6 Å². The summed E-state index contributed by atoms with van der Waals surface area (Å²) in [6.45, 7) is 9.30. The fourth-order valence-electron chi connectivity index (χ4n) is 2.10. The van der Waals surface area contributed by atoms with Gasteiger partial charge >= 0.3 is 0 Å². The van der Waals surface area contributed by atoms with Crippen LogP contribution in [0.2, 0.25) is 0 Å². The highest BCUT2D eigenvalue weighted by atomic mass is 15.1. The molecule has 3 heteroatoms. The summed E-state index contributed by atoms with van der Waals surface area (Å²) in [6, 6.07) is 8.88. The van der Waals surface area contributed by atoms with Gasteiger partial charge in [-0.05, 0) is 23.6 Å². The van der Waals surface area contributed by atoms with Crippen molar-refractivity contribution in [2.75, 3.05) is 6.54 Å². The van der Waals surface area contributed by atoms with Gasteiger partial charge in [0.25, 0.3) is 0 Å². The maximum atomic E-state index is 4.24. The second-order valence-electron chi connectivity index (χ2n) is 5.19. The van der Waals surface area contributed by atoms with Crippen molar-refractivity contribution in [3.8, 4) is 0 Å². The zero-order chi connectivity index (χ0) is 13.7. The molecule has 2 aromatic rings. The van der Waals surface area contributed by atoms with Crippen molar-refractivity contribution in [1.82, 2.24) is 14.9 Å². The average Bonchev–Trinajstić information content (AvgIpc) is 2.84. The van der Waals surface area contributed by atoms with E-state index in [2.05, 4.69) is 59.9 Å². The van der Waals surface area contributed by atoms with Gasteiger partial charge in [0.15, 0.2) is 0 Å². The molecule has 0 atom stereocenters. The molecule has 1 heterocycles. The fraction of sp³-hybridized carbons (Fsp3) is 0.438. The van der Waals surface area contributed by atoms with Crippen LogP contribution in [0.5, 0.6) is 0 Å². The van der Waals surface area contributed by atoms with Gasteiger partial charge in [0.05, 0.1) is 12.0 Å². The number of aromatic nitrogens is 2. The Balaban J connectivity index is 2.06. The SMILES string of the molecule is CCNCc1cncn1Cc1ccc(C(C)C)cc1. The Bertz CT molecular complexity index is 497. The maximum Gasteiger partial charge on any atom is 0.0951 e. The van der Waals surface area contributed by atoms with E-state index in [1.807, 2.05) is 12.5 Å². The molecule has 102 valence electrons. The number of hydrogen-bond donors (Lipinski definition) is 1. The second kappa shape index (κ2) is 6.53. The van der Waals surface area contributed by atoms with Gasteiger partial charge in [0.2, 0.25) is 0 Å². The lowest BCUT2D eigenvalue weighted by molar-refractivity contribution is 0.656. The molecule has 19 heavy (non-hydrogen) atoms. The zero-order valence-corrected chi connectivity index (χ0v) is 12.1. The standard InChI is InChI=1S/C16H23N3/c1-4-17-9-16-10-18-12-19(16)11-14-5-7-15(8-6-14)13(2)3/h5-8,10,12-13,17H,4,9,11H2,1-3H3. The van der Waals surface area contributed by atoms with E-state index in [1.54, 1.807) is 0 Å². The molecule has 0 aliphatic rings. The highest BCUT2D eigenvalue weighted by Crippen LogP contribution is 2.15. The summed E-state index contributed by atoms with van der Waals surface area (Å²) in [5, 5.41) is 3.34. The molecule has 0 spiro atoms. The monoisotopic (exact) mass is 257 g/mol. The van der Waals surface area contributed by atoms with E-state index in [9.17, 15) is 0 Å². The van der Waals surface area contributed by atoms with Gasteiger partial charge in [-0.1, -0.05) is 45.0 Å². The van der Waals surface area contributed by atoms with E-state index >= 15 is 0 Å². The lowest BCUT2D eigenvalue weighted by Crippen LogP contribution is -2.15. The molecule has 0 amide bonds. The van der Waals surface area contributed by atoms with Crippen molar-refractivity contribution >= 4 is 0 Å². The van der Waals surface area contributed by atoms with Gasteiger partial charge in [-0.3, -0.25) is 0 Å². The Morgan fingerprint density at radius 1 is 1.21 bits per heavy atom. The van der Waals surface area contributed by atoms with E-state index in [-0.39, 0.29) is 0 Å². The summed E-state index contributed by atoms with van der Waals surface area (Å²) in [7, 11) is 0. The van der Waals surface area contributed by atoms with Crippen LogP contribution in [-0.2, 0) is 13.1 Å². The van der Waals surface area contributed by atoms with E-state index in [0.29, 0.717) is 5.92 Å². The summed E-state index contributed by atoms with van der Waals surface area (Å²) in [5.41, 5.74) is 3.94. The van der Waals surface area contributed by atoms with Crippen LogP contribution in [0, 0.1) is 0 Å². The van der Waals surface area contributed by atoms with Crippen LogP contribution >= 0.6 is 0 Å². The minimum absolute atomic E-state index is 0.589. The molecule has 0 saturated carbocycles. The molecule has 1 aromatic carbocycles. The van der Waals surface area contributed by atoms with E-state index < -0.39 is 0 Å². The lowest BCUT2D eigenvalue weighted by Gasteiger charge is -2.10. The highest BCUT2D eigenvalue weighted by molar-refractivity contribution is 5.25. The first-order valence-corrected chi connectivity index (χ1v) is 6.99. The first-order valence-electron chi connectivity index (χ1n) is 6.99. The molecule has 0 bridgehead atoms. The Hall–Kier alpha value is -1.61. The van der Waals surface area contributed by atoms with E-state index in [4.69, 9.17) is 0 Å². The van der Waals surface area contributed by atoms with Crippen LogP contribution in [-0.4, -0.2) is 16.1 Å². The Morgan fingerprint density at radius 2 is 1.95 bits per heavy atom. The van der Waals surface area contributed by atoms with Crippen LogP contribution in [0.1, 0.15) is 43.5 Å². The number of imidazole rings is 1. The van der Waals surface area contributed by atoms with Crippen LogP contribution in [0.15, 0.2) is 36.8 Å². The predicted octanol–water partition coefficient (Wildman–Crippen LogP) is 3.16. The molecule has 2 rings (SSSR count). The molecule has 0 saturated heterocycles. The van der Waals surface area contributed by atoms with Gasteiger partial charge in [0, 0.05) is 19.3 Å². The molecule has 1 aromatic heterocycles. The first-order chi connectivity index (χ1) is 9.20. The summed E-state index contributed by atoms with van der Waals surface area (Å²) in [6.07, 6.45) is 3.84. The van der Waals surface area contributed by atoms with Crippen molar-refractivity contribution in [2.45, 2.75) is 39.8 Å². The second-order valence-corrected chi connectivity index (χ2v) is 5.19. The molecule has 0 fully saturated rings. The number of nitrogens with zero attached hydrogens (tertiary/aromatic N) is 2. The summed E-state index contributed by atoms with van der Waals surface area (Å²) in [4.78, 5) is 4.24. The van der Waals surface area contributed by atoms with E-state index in [1.165, 1.54) is 16.8 Å². The Morgan fingerprint density at radius 3 is 2.58 bits per heavy atom. The number of nitrogens with one attached hydrogen (secondary N) is 1. The molecule has 1 N–H and O–H groups in total. The maximum absolute atomic E-state index is 4.24. The summed E-state index contributed by atoms with van der Waals surface area (Å²) >= 11 is 0. The quantitative estimate of drug-likeness (QED) is 0.861. The topological polar surface area (TPSA) is 29.9 Å². The molecular weight excluding hydrogens is 234 g/mol. The predicted molar refractivity (Wildman–Crippen MR) is 79.2 cm³/mol. The Kier molecular flexibility index (Phi) is 4.74. The molecule has 3 nitrogen and oxygen atoms in total. The molecular formula is C16H23N3. The fourth-order valence-corrected chi connectivity index (χ4v) is 2.10. The molecule has 0 unspecified atom stereocenters. The summed E-state index contributed by atoms with van der Waals surface area (Å²) in [5.74, 6) is 0.589.